The third-order valence-electron chi connectivity index (χ3n) is 3.82. The Morgan fingerprint density at radius 1 is 1.04 bits per heavy atom. The summed E-state index contributed by atoms with van der Waals surface area (Å²) in [6.07, 6.45) is 1.69. The van der Waals surface area contributed by atoms with Crippen LogP contribution in [-0.4, -0.2) is 30.2 Å². The van der Waals surface area contributed by atoms with E-state index in [9.17, 15) is 0 Å². The topological polar surface area (TPSA) is 68.3 Å². The molecule has 3 rings (SSSR count). The van der Waals surface area contributed by atoms with Gasteiger partial charge in [-0.15, -0.1) is 0 Å². The fourth-order valence-corrected chi connectivity index (χ4v) is 2.52. The molecule has 0 radical (unpaired) electrons. The summed E-state index contributed by atoms with van der Waals surface area (Å²) in [6, 6.07) is 15.0. The van der Waals surface area contributed by atoms with Crippen LogP contribution in [0, 0.1) is 6.92 Å². The van der Waals surface area contributed by atoms with Gasteiger partial charge in [-0.3, -0.25) is 0 Å². The van der Waals surface area contributed by atoms with Gasteiger partial charge in [0.1, 0.15) is 23.9 Å². The number of nitrogens with zero attached hydrogens (tertiary/aromatic N) is 2. The fraction of sp³-hybridized carbons (Fsp3) is 0.200. The van der Waals surface area contributed by atoms with Crippen molar-refractivity contribution in [2.45, 2.75) is 6.92 Å². The van der Waals surface area contributed by atoms with Gasteiger partial charge in [-0.2, -0.15) is 4.98 Å². The van der Waals surface area contributed by atoms with Crippen molar-refractivity contribution < 1.29 is 9.47 Å². The molecule has 0 unspecified atom stereocenters. The summed E-state index contributed by atoms with van der Waals surface area (Å²) >= 11 is 6.15. The van der Waals surface area contributed by atoms with E-state index in [1.54, 1.807) is 19.4 Å². The van der Waals surface area contributed by atoms with Gasteiger partial charge < -0.3 is 20.1 Å². The maximum atomic E-state index is 6.15. The lowest BCUT2D eigenvalue weighted by Crippen LogP contribution is -2.13. The van der Waals surface area contributed by atoms with Crippen LogP contribution in [0.5, 0.6) is 11.5 Å². The molecule has 0 aliphatic rings. The van der Waals surface area contributed by atoms with Crippen LogP contribution in [0.4, 0.5) is 17.5 Å². The van der Waals surface area contributed by atoms with Crippen LogP contribution in [0.1, 0.15) is 5.56 Å². The number of halogens is 1. The first-order valence-electron chi connectivity index (χ1n) is 8.51. The van der Waals surface area contributed by atoms with Crippen LogP contribution in [0.15, 0.2) is 54.7 Å². The van der Waals surface area contributed by atoms with Crippen molar-refractivity contribution in [3.8, 4) is 11.5 Å². The Bertz CT molecular complexity index is 887. The summed E-state index contributed by atoms with van der Waals surface area (Å²) in [4.78, 5) is 8.67. The number of methoxy groups -OCH3 is 1. The number of hydrogen-bond donors (Lipinski definition) is 2. The number of benzene rings is 2. The normalized spacial score (nSPS) is 10.3. The maximum absolute atomic E-state index is 6.15. The average Bonchev–Trinajstić information content (AvgIpc) is 2.69. The molecule has 3 aromatic rings. The zero-order valence-corrected chi connectivity index (χ0v) is 16.0. The molecule has 0 saturated heterocycles. The number of ether oxygens (including phenoxy) is 2. The van der Waals surface area contributed by atoms with Gasteiger partial charge in [0.2, 0.25) is 5.95 Å². The van der Waals surface area contributed by atoms with Gasteiger partial charge in [-0.1, -0.05) is 17.7 Å². The summed E-state index contributed by atoms with van der Waals surface area (Å²) in [5.41, 5.74) is 1.86. The van der Waals surface area contributed by atoms with Gasteiger partial charge >= 0.3 is 0 Å². The highest BCUT2D eigenvalue weighted by Gasteiger charge is 2.02. The number of rotatable bonds is 8. The first kappa shape index (κ1) is 18.8. The minimum atomic E-state index is 0.496. The SMILES string of the molecule is COc1ccc(OCCNc2ccnc(Nc3ccc(C)c(Cl)c3)n2)cc1. The van der Waals surface area contributed by atoms with E-state index in [4.69, 9.17) is 21.1 Å². The zero-order chi connectivity index (χ0) is 19.1. The number of nitrogens with one attached hydrogen (secondary N) is 2. The monoisotopic (exact) mass is 384 g/mol. The molecule has 140 valence electrons. The Morgan fingerprint density at radius 3 is 2.56 bits per heavy atom. The first-order chi connectivity index (χ1) is 13.1. The van der Waals surface area contributed by atoms with E-state index in [1.807, 2.05) is 49.4 Å². The van der Waals surface area contributed by atoms with Crippen molar-refractivity contribution in [3.63, 3.8) is 0 Å². The van der Waals surface area contributed by atoms with Crippen LogP contribution < -0.4 is 20.1 Å². The van der Waals surface area contributed by atoms with Crippen LogP contribution in [0.2, 0.25) is 5.02 Å². The molecule has 0 amide bonds. The number of aromatic nitrogens is 2. The molecule has 0 saturated carbocycles. The summed E-state index contributed by atoms with van der Waals surface area (Å²) in [6.45, 7) is 3.08. The Hall–Kier alpha value is -2.99. The quantitative estimate of drug-likeness (QED) is 0.549. The molecule has 1 heterocycles. The second-order valence-electron chi connectivity index (χ2n) is 5.81. The summed E-state index contributed by atoms with van der Waals surface area (Å²) in [7, 11) is 1.64. The molecule has 1 aromatic heterocycles. The Kier molecular flexibility index (Phi) is 6.33. The van der Waals surface area contributed by atoms with E-state index in [1.165, 1.54) is 0 Å². The number of aryl methyl sites for hydroxylation is 1. The summed E-state index contributed by atoms with van der Waals surface area (Å²) in [5.74, 6) is 2.80. The highest BCUT2D eigenvalue weighted by Crippen LogP contribution is 2.22. The first-order valence-corrected chi connectivity index (χ1v) is 8.89. The van der Waals surface area contributed by atoms with E-state index >= 15 is 0 Å². The fourth-order valence-electron chi connectivity index (χ4n) is 2.34. The molecule has 2 aromatic carbocycles. The predicted octanol–water partition coefficient (Wildman–Crippen LogP) is 4.68. The van der Waals surface area contributed by atoms with Crippen LogP contribution in [0.3, 0.4) is 0 Å². The molecule has 0 atom stereocenters. The lowest BCUT2D eigenvalue weighted by atomic mass is 10.2. The van der Waals surface area contributed by atoms with E-state index in [2.05, 4.69) is 20.6 Å². The zero-order valence-electron chi connectivity index (χ0n) is 15.2. The minimum absolute atomic E-state index is 0.496. The van der Waals surface area contributed by atoms with Crippen molar-refractivity contribution in [2.24, 2.45) is 0 Å². The molecule has 27 heavy (non-hydrogen) atoms. The highest BCUT2D eigenvalue weighted by molar-refractivity contribution is 6.31. The smallest absolute Gasteiger partial charge is 0.229 e. The third-order valence-corrected chi connectivity index (χ3v) is 4.23. The molecule has 0 spiro atoms. The van der Waals surface area contributed by atoms with Crippen molar-refractivity contribution in [2.75, 3.05) is 30.9 Å². The van der Waals surface area contributed by atoms with Gasteiger partial charge in [0, 0.05) is 16.9 Å². The van der Waals surface area contributed by atoms with Crippen molar-refractivity contribution >= 4 is 29.1 Å². The molecule has 2 N–H and O–H groups in total. The average molecular weight is 385 g/mol. The minimum Gasteiger partial charge on any atom is -0.497 e. The lowest BCUT2D eigenvalue weighted by molar-refractivity contribution is 0.331. The molecule has 0 fully saturated rings. The standard InChI is InChI=1S/C20H21ClN4O2/c1-14-3-4-15(13-18(14)21)24-20-23-10-9-19(25-20)22-11-12-27-17-7-5-16(26-2)6-8-17/h3-10,13H,11-12H2,1-2H3,(H2,22,23,24,25). The molecule has 7 heteroatoms. The van der Waals surface area contributed by atoms with Crippen LogP contribution in [-0.2, 0) is 0 Å². The van der Waals surface area contributed by atoms with E-state index < -0.39 is 0 Å². The second kappa shape index (κ2) is 9.09. The molecule has 0 aliphatic heterocycles. The van der Waals surface area contributed by atoms with Gasteiger partial charge in [0.05, 0.1) is 13.7 Å². The van der Waals surface area contributed by atoms with Crippen molar-refractivity contribution in [3.05, 3.63) is 65.3 Å². The van der Waals surface area contributed by atoms with Gasteiger partial charge in [-0.05, 0) is 55.0 Å². The lowest BCUT2D eigenvalue weighted by Gasteiger charge is -2.10. The Morgan fingerprint density at radius 2 is 1.81 bits per heavy atom. The van der Waals surface area contributed by atoms with Gasteiger partial charge in [0.25, 0.3) is 0 Å². The highest BCUT2D eigenvalue weighted by atomic mass is 35.5. The number of hydrogen-bond acceptors (Lipinski definition) is 6. The molecular formula is C20H21ClN4O2. The molecule has 0 aliphatic carbocycles. The molecule has 0 bridgehead atoms. The largest absolute Gasteiger partial charge is 0.497 e. The van der Waals surface area contributed by atoms with Crippen molar-refractivity contribution in [1.29, 1.82) is 0 Å². The second-order valence-corrected chi connectivity index (χ2v) is 6.21. The van der Waals surface area contributed by atoms with Crippen molar-refractivity contribution in [1.82, 2.24) is 9.97 Å². The number of anilines is 3. The van der Waals surface area contributed by atoms with Crippen LogP contribution in [0.25, 0.3) is 0 Å². The van der Waals surface area contributed by atoms with E-state index in [0.717, 1.165) is 22.7 Å². The summed E-state index contributed by atoms with van der Waals surface area (Å²) in [5, 5.41) is 7.07. The Balaban J connectivity index is 1.50. The third kappa shape index (κ3) is 5.49. The Labute approximate surface area is 163 Å². The van der Waals surface area contributed by atoms with Gasteiger partial charge in [0.15, 0.2) is 0 Å². The van der Waals surface area contributed by atoms with E-state index in [0.29, 0.717) is 29.9 Å². The predicted molar refractivity (Wildman–Crippen MR) is 108 cm³/mol. The van der Waals surface area contributed by atoms with Crippen LogP contribution >= 0.6 is 11.6 Å². The maximum Gasteiger partial charge on any atom is 0.229 e. The van der Waals surface area contributed by atoms with E-state index in [-0.39, 0.29) is 0 Å². The molecule has 6 nitrogen and oxygen atoms in total. The molecular weight excluding hydrogens is 364 g/mol. The van der Waals surface area contributed by atoms with Gasteiger partial charge in [-0.25, -0.2) is 4.98 Å². The summed E-state index contributed by atoms with van der Waals surface area (Å²) < 4.78 is 10.8.